The Balaban J connectivity index is 1.89. The van der Waals surface area contributed by atoms with E-state index in [1.807, 2.05) is 25.7 Å². The van der Waals surface area contributed by atoms with Crippen LogP contribution in [0, 0.1) is 5.92 Å². The number of hydrogen-bond donors (Lipinski definition) is 1. The minimum Gasteiger partial charge on any atom is -0.444 e. The molecule has 1 heterocycles. The molecule has 0 aromatic carbocycles. The largest absolute Gasteiger partial charge is 0.444 e. The highest BCUT2D eigenvalue weighted by atomic mass is 16.6. The first-order valence-electron chi connectivity index (χ1n) is 8.27. The van der Waals surface area contributed by atoms with Gasteiger partial charge < -0.3 is 20.3 Å². The number of amides is 2. The Labute approximate surface area is 132 Å². The highest BCUT2D eigenvalue weighted by molar-refractivity contribution is 5.78. The van der Waals surface area contributed by atoms with E-state index < -0.39 is 5.60 Å². The summed E-state index contributed by atoms with van der Waals surface area (Å²) in [6.07, 6.45) is 3.91. The minimum atomic E-state index is -0.473. The standard InChI is InChI=1S/C16H29N3O3/c1-16(2,3)22-15(21)18-8-4-5-12(10-18)11-19(13-6-7-13)14(20)9-17/h12-13H,4-11,17H2,1-3H3/t12-/m1/s1. The van der Waals surface area contributed by atoms with Gasteiger partial charge in [0.15, 0.2) is 0 Å². The van der Waals surface area contributed by atoms with Crippen molar-refractivity contribution in [2.45, 2.75) is 58.1 Å². The van der Waals surface area contributed by atoms with Gasteiger partial charge in [0, 0.05) is 25.7 Å². The minimum absolute atomic E-state index is 0.0249. The van der Waals surface area contributed by atoms with E-state index in [2.05, 4.69) is 0 Å². The van der Waals surface area contributed by atoms with Crippen LogP contribution >= 0.6 is 0 Å². The monoisotopic (exact) mass is 311 g/mol. The molecule has 0 radical (unpaired) electrons. The number of carbonyl (C=O) groups excluding carboxylic acids is 2. The number of likely N-dealkylation sites (tertiary alicyclic amines) is 1. The van der Waals surface area contributed by atoms with Gasteiger partial charge in [0.25, 0.3) is 0 Å². The molecule has 2 amide bonds. The molecule has 0 bridgehead atoms. The van der Waals surface area contributed by atoms with Crippen LogP contribution in [-0.2, 0) is 9.53 Å². The maximum Gasteiger partial charge on any atom is 0.410 e. The SMILES string of the molecule is CC(C)(C)OC(=O)N1CCC[C@@H](CN(C(=O)CN)C2CC2)C1. The van der Waals surface area contributed by atoms with Crippen LogP contribution in [-0.4, -0.2) is 59.6 Å². The lowest BCUT2D eigenvalue weighted by Gasteiger charge is -2.36. The normalized spacial score (nSPS) is 22.4. The Hall–Kier alpha value is -1.30. The van der Waals surface area contributed by atoms with E-state index in [1.54, 1.807) is 4.90 Å². The Bertz CT molecular complexity index is 415. The number of nitrogens with two attached hydrogens (primary N) is 1. The molecule has 0 aromatic rings. The Morgan fingerprint density at radius 2 is 1.95 bits per heavy atom. The summed E-state index contributed by atoms with van der Waals surface area (Å²) < 4.78 is 5.45. The number of carbonyl (C=O) groups is 2. The second-order valence-corrected chi connectivity index (χ2v) is 7.42. The fourth-order valence-corrected chi connectivity index (χ4v) is 2.94. The summed E-state index contributed by atoms with van der Waals surface area (Å²) in [4.78, 5) is 27.8. The van der Waals surface area contributed by atoms with Gasteiger partial charge in [-0.25, -0.2) is 4.79 Å². The highest BCUT2D eigenvalue weighted by Gasteiger charge is 2.35. The first-order valence-corrected chi connectivity index (χ1v) is 8.27. The molecule has 2 rings (SSSR count). The Kier molecular flexibility index (Phi) is 5.32. The van der Waals surface area contributed by atoms with Gasteiger partial charge in [-0.15, -0.1) is 0 Å². The van der Waals surface area contributed by atoms with Crippen molar-refractivity contribution in [2.75, 3.05) is 26.2 Å². The van der Waals surface area contributed by atoms with Crippen molar-refractivity contribution in [1.29, 1.82) is 0 Å². The molecule has 1 atom stereocenters. The smallest absolute Gasteiger partial charge is 0.410 e. The van der Waals surface area contributed by atoms with Gasteiger partial charge in [-0.2, -0.15) is 0 Å². The zero-order chi connectivity index (χ0) is 16.3. The van der Waals surface area contributed by atoms with Crippen molar-refractivity contribution < 1.29 is 14.3 Å². The highest BCUT2D eigenvalue weighted by Crippen LogP contribution is 2.29. The number of piperidine rings is 1. The fraction of sp³-hybridized carbons (Fsp3) is 0.875. The zero-order valence-corrected chi connectivity index (χ0v) is 14.0. The van der Waals surface area contributed by atoms with E-state index in [4.69, 9.17) is 10.5 Å². The number of nitrogens with zero attached hydrogens (tertiary/aromatic N) is 2. The topological polar surface area (TPSA) is 75.9 Å². The molecule has 1 saturated carbocycles. The van der Waals surface area contributed by atoms with E-state index >= 15 is 0 Å². The van der Waals surface area contributed by atoms with Crippen LogP contribution < -0.4 is 5.73 Å². The summed E-state index contributed by atoms with van der Waals surface area (Å²) >= 11 is 0. The second kappa shape index (κ2) is 6.86. The first kappa shape index (κ1) is 17.1. The molecule has 22 heavy (non-hydrogen) atoms. The van der Waals surface area contributed by atoms with Crippen molar-refractivity contribution in [1.82, 2.24) is 9.80 Å². The number of rotatable bonds is 4. The van der Waals surface area contributed by atoms with Crippen LogP contribution in [0.15, 0.2) is 0 Å². The van der Waals surface area contributed by atoms with Crippen LogP contribution in [0.5, 0.6) is 0 Å². The second-order valence-electron chi connectivity index (χ2n) is 7.42. The molecule has 2 aliphatic rings. The molecule has 2 N–H and O–H groups in total. The average Bonchev–Trinajstić information content (AvgIpc) is 3.27. The summed E-state index contributed by atoms with van der Waals surface area (Å²) in [5, 5.41) is 0. The lowest BCUT2D eigenvalue weighted by molar-refractivity contribution is -0.131. The quantitative estimate of drug-likeness (QED) is 0.855. The third kappa shape index (κ3) is 4.87. The summed E-state index contributed by atoms with van der Waals surface area (Å²) in [5.41, 5.74) is 5.04. The van der Waals surface area contributed by atoms with Crippen LogP contribution in [0.4, 0.5) is 4.79 Å². The Morgan fingerprint density at radius 1 is 1.27 bits per heavy atom. The third-order valence-corrected chi connectivity index (χ3v) is 4.11. The fourth-order valence-electron chi connectivity index (χ4n) is 2.94. The van der Waals surface area contributed by atoms with E-state index in [1.165, 1.54) is 0 Å². The molecule has 1 aliphatic heterocycles. The molecular weight excluding hydrogens is 282 g/mol. The van der Waals surface area contributed by atoms with E-state index in [9.17, 15) is 9.59 Å². The molecule has 0 spiro atoms. The lowest BCUT2D eigenvalue weighted by atomic mass is 9.97. The number of ether oxygens (including phenoxy) is 1. The van der Waals surface area contributed by atoms with Gasteiger partial charge in [0.05, 0.1) is 6.54 Å². The predicted octanol–water partition coefficient (Wildman–Crippen LogP) is 1.58. The van der Waals surface area contributed by atoms with Gasteiger partial charge >= 0.3 is 6.09 Å². The first-order chi connectivity index (χ1) is 10.3. The summed E-state index contributed by atoms with van der Waals surface area (Å²) in [7, 11) is 0. The van der Waals surface area contributed by atoms with Crippen molar-refractivity contribution >= 4 is 12.0 Å². The van der Waals surface area contributed by atoms with Crippen LogP contribution in [0.2, 0.25) is 0 Å². The summed E-state index contributed by atoms with van der Waals surface area (Å²) in [6, 6.07) is 0.368. The predicted molar refractivity (Wildman–Crippen MR) is 84.3 cm³/mol. The van der Waals surface area contributed by atoms with Gasteiger partial charge in [-0.3, -0.25) is 4.79 Å². The number of hydrogen-bond acceptors (Lipinski definition) is 4. The average molecular weight is 311 g/mol. The molecule has 6 nitrogen and oxygen atoms in total. The van der Waals surface area contributed by atoms with E-state index in [0.717, 1.165) is 32.2 Å². The van der Waals surface area contributed by atoms with Crippen LogP contribution in [0.25, 0.3) is 0 Å². The van der Waals surface area contributed by atoms with Gasteiger partial charge in [0.2, 0.25) is 5.91 Å². The maximum absolute atomic E-state index is 12.2. The van der Waals surface area contributed by atoms with Gasteiger partial charge in [-0.05, 0) is 52.4 Å². The van der Waals surface area contributed by atoms with E-state index in [0.29, 0.717) is 25.0 Å². The molecule has 6 heteroatoms. The summed E-state index contributed by atoms with van der Waals surface area (Å²) in [5.74, 6) is 0.342. The van der Waals surface area contributed by atoms with E-state index in [-0.39, 0.29) is 18.5 Å². The van der Waals surface area contributed by atoms with Crippen LogP contribution in [0.3, 0.4) is 0 Å². The van der Waals surface area contributed by atoms with Crippen molar-refractivity contribution in [3.05, 3.63) is 0 Å². The van der Waals surface area contributed by atoms with Crippen LogP contribution in [0.1, 0.15) is 46.5 Å². The molecule has 126 valence electrons. The molecular formula is C16H29N3O3. The summed E-state index contributed by atoms with van der Waals surface area (Å²) in [6.45, 7) is 7.80. The zero-order valence-electron chi connectivity index (χ0n) is 14.0. The van der Waals surface area contributed by atoms with Crippen molar-refractivity contribution in [3.63, 3.8) is 0 Å². The van der Waals surface area contributed by atoms with Gasteiger partial charge in [-0.1, -0.05) is 0 Å². The Morgan fingerprint density at radius 3 is 2.50 bits per heavy atom. The lowest BCUT2D eigenvalue weighted by Crippen LogP contribution is -2.47. The molecule has 2 fully saturated rings. The van der Waals surface area contributed by atoms with Crippen molar-refractivity contribution in [2.24, 2.45) is 11.7 Å². The van der Waals surface area contributed by atoms with Gasteiger partial charge in [0.1, 0.15) is 5.60 Å². The molecule has 0 unspecified atom stereocenters. The molecule has 1 saturated heterocycles. The molecule has 1 aliphatic carbocycles. The van der Waals surface area contributed by atoms with Crippen molar-refractivity contribution in [3.8, 4) is 0 Å². The maximum atomic E-state index is 12.2. The third-order valence-electron chi connectivity index (χ3n) is 4.11. The molecule has 0 aromatic heterocycles.